The SMILES string of the molecule is CCCCCCCCCCCCCC[C@H](O)[C@H](O)C(O)OP(=O)(O)O. The molecule has 0 aliphatic rings. The van der Waals surface area contributed by atoms with E-state index in [1.165, 1.54) is 51.4 Å². The van der Waals surface area contributed by atoms with Gasteiger partial charge in [0.05, 0.1) is 6.10 Å². The maximum absolute atomic E-state index is 10.6. The fourth-order valence-electron chi connectivity index (χ4n) is 2.76. The van der Waals surface area contributed by atoms with E-state index >= 15 is 0 Å². The Morgan fingerprint density at radius 2 is 1.16 bits per heavy atom. The van der Waals surface area contributed by atoms with E-state index in [0.29, 0.717) is 6.42 Å². The number of aliphatic hydroxyl groups excluding tert-OH is 3. The van der Waals surface area contributed by atoms with Crippen LogP contribution in [-0.2, 0) is 9.09 Å². The van der Waals surface area contributed by atoms with E-state index in [0.717, 1.165) is 19.3 Å². The Bertz CT molecular complexity index is 348. The van der Waals surface area contributed by atoms with Gasteiger partial charge in [0.1, 0.15) is 6.10 Å². The molecule has 152 valence electrons. The van der Waals surface area contributed by atoms with Crippen LogP contribution < -0.4 is 0 Å². The Morgan fingerprint density at radius 3 is 1.56 bits per heavy atom. The molecule has 0 aromatic heterocycles. The van der Waals surface area contributed by atoms with Crippen LogP contribution in [0.25, 0.3) is 0 Å². The molecule has 1 unspecified atom stereocenters. The van der Waals surface area contributed by atoms with E-state index in [9.17, 15) is 19.9 Å². The van der Waals surface area contributed by atoms with Crippen LogP contribution in [-0.4, -0.2) is 43.6 Å². The second kappa shape index (κ2) is 15.1. The van der Waals surface area contributed by atoms with Crippen molar-refractivity contribution in [1.82, 2.24) is 0 Å². The third kappa shape index (κ3) is 15.9. The number of phosphoric ester groups is 1. The van der Waals surface area contributed by atoms with Gasteiger partial charge in [0.15, 0.2) is 6.29 Å². The zero-order valence-corrected chi connectivity index (χ0v) is 16.3. The summed E-state index contributed by atoms with van der Waals surface area (Å²) < 4.78 is 14.5. The summed E-state index contributed by atoms with van der Waals surface area (Å²) >= 11 is 0. The summed E-state index contributed by atoms with van der Waals surface area (Å²) in [5.74, 6) is 0. The van der Waals surface area contributed by atoms with Gasteiger partial charge in [0.25, 0.3) is 0 Å². The van der Waals surface area contributed by atoms with E-state index in [2.05, 4.69) is 11.4 Å². The molecule has 0 fully saturated rings. The normalized spacial score (nSPS) is 15.9. The summed E-state index contributed by atoms with van der Waals surface area (Å²) in [7, 11) is -4.90. The molecule has 0 aromatic carbocycles. The third-order valence-electron chi connectivity index (χ3n) is 4.29. The molecule has 0 saturated heterocycles. The predicted molar refractivity (Wildman–Crippen MR) is 96.8 cm³/mol. The molecule has 25 heavy (non-hydrogen) atoms. The topological polar surface area (TPSA) is 127 Å². The Morgan fingerprint density at radius 1 is 0.760 bits per heavy atom. The van der Waals surface area contributed by atoms with Crippen LogP contribution in [0.1, 0.15) is 90.4 Å². The number of phosphoric acid groups is 1. The molecule has 0 amide bonds. The lowest BCUT2D eigenvalue weighted by Crippen LogP contribution is -2.38. The first-order valence-corrected chi connectivity index (χ1v) is 11.1. The molecule has 7 nitrogen and oxygen atoms in total. The summed E-state index contributed by atoms with van der Waals surface area (Å²) in [6.45, 7) is 2.22. The van der Waals surface area contributed by atoms with Crippen LogP contribution in [0.15, 0.2) is 0 Å². The van der Waals surface area contributed by atoms with Gasteiger partial charge in [-0.1, -0.05) is 84.0 Å². The molecule has 0 aliphatic heterocycles. The average molecular weight is 384 g/mol. The fraction of sp³-hybridized carbons (Fsp3) is 1.00. The molecule has 0 rings (SSSR count). The Kier molecular flexibility index (Phi) is 15.1. The van der Waals surface area contributed by atoms with Crippen molar-refractivity contribution in [2.45, 2.75) is 109 Å². The number of unbranched alkanes of at least 4 members (excludes halogenated alkanes) is 11. The lowest BCUT2D eigenvalue weighted by atomic mass is 10.0. The first-order valence-electron chi connectivity index (χ1n) is 9.56. The second-order valence-electron chi connectivity index (χ2n) is 6.72. The van der Waals surface area contributed by atoms with Crippen molar-refractivity contribution >= 4 is 7.82 Å². The van der Waals surface area contributed by atoms with E-state index in [1.807, 2.05) is 0 Å². The van der Waals surface area contributed by atoms with Crippen molar-refractivity contribution < 1.29 is 34.2 Å². The van der Waals surface area contributed by atoms with Gasteiger partial charge in [-0.2, -0.15) is 0 Å². The summed E-state index contributed by atoms with van der Waals surface area (Å²) in [4.78, 5) is 17.1. The van der Waals surface area contributed by atoms with E-state index in [-0.39, 0.29) is 6.42 Å². The van der Waals surface area contributed by atoms with Crippen molar-refractivity contribution in [2.75, 3.05) is 0 Å². The van der Waals surface area contributed by atoms with Crippen LogP contribution in [0.2, 0.25) is 0 Å². The van der Waals surface area contributed by atoms with E-state index in [1.54, 1.807) is 0 Å². The average Bonchev–Trinajstić information content (AvgIpc) is 2.53. The standard InChI is InChI=1S/C17H37O7P/c1-2-3-4-5-6-7-8-9-10-11-12-13-14-15(18)16(19)17(20)24-25(21,22)23/h15-20H,2-14H2,1H3,(H2,21,22,23)/t15-,16-,17?/m0/s1. The minimum Gasteiger partial charge on any atom is -0.390 e. The van der Waals surface area contributed by atoms with Gasteiger partial charge in [0.2, 0.25) is 0 Å². The fourth-order valence-corrected chi connectivity index (χ4v) is 3.16. The van der Waals surface area contributed by atoms with Crippen LogP contribution >= 0.6 is 7.82 Å². The van der Waals surface area contributed by atoms with Gasteiger partial charge < -0.3 is 25.1 Å². The highest BCUT2D eigenvalue weighted by molar-refractivity contribution is 7.46. The third-order valence-corrected chi connectivity index (χ3v) is 4.78. The highest BCUT2D eigenvalue weighted by atomic mass is 31.2. The molecule has 3 atom stereocenters. The first-order chi connectivity index (χ1) is 11.8. The molecule has 0 radical (unpaired) electrons. The largest absolute Gasteiger partial charge is 0.472 e. The Balaban J connectivity index is 3.51. The molecular weight excluding hydrogens is 347 g/mol. The van der Waals surface area contributed by atoms with Gasteiger partial charge in [-0.3, -0.25) is 4.52 Å². The highest BCUT2D eigenvalue weighted by Crippen LogP contribution is 2.38. The number of hydrogen-bond donors (Lipinski definition) is 5. The Labute approximate surface area is 151 Å². The number of aliphatic hydroxyl groups is 3. The molecule has 0 spiro atoms. The zero-order valence-electron chi connectivity index (χ0n) is 15.4. The van der Waals surface area contributed by atoms with E-state index in [4.69, 9.17) is 9.79 Å². The van der Waals surface area contributed by atoms with Crippen molar-refractivity contribution in [3.8, 4) is 0 Å². The summed E-state index contributed by atoms with van der Waals surface area (Å²) in [5, 5.41) is 28.6. The molecule has 0 aromatic rings. The van der Waals surface area contributed by atoms with Crippen molar-refractivity contribution in [2.24, 2.45) is 0 Å². The van der Waals surface area contributed by atoms with Crippen LogP contribution in [0.5, 0.6) is 0 Å². The first kappa shape index (κ1) is 25.0. The molecule has 0 heterocycles. The van der Waals surface area contributed by atoms with Gasteiger partial charge >= 0.3 is 7.82 Å². The lowest BCUT2D eigenvalue weighted by molar-refractivity contribution is -0.151. The lowest BCUT2D eigenvalue weighted by Gasteiger charge is -2.22. The van der Waals surface area contributed by atoms with Crippen LogP contribution in [0.4, 0.5) is 0 Å². The molecule has 0 bridgehead atoms. The number of rotatable bonds is 17. The molecule has 0 aliphatic carbocycles. The monoisotopic (exact) mass is 384 g/mol. The quantitative estimate of drug-likeness (QED) is 0.148. The zero-order chi connectivity index (χ0) is 19.1. The molecular formula is C17H37O7P. The summed E-state index contributed by atoms with van der Waals surface area (Å²) in [6.07, 6.45) is 9.33. The second-order valence-corrected chi connectivity index (χ2v) is 7.91. The Hall–Kier alpha value is -0.0100. The van der Waals surface area contributed by atoms with Gasteiger partial charge in [-0.15, -0.1) is 0 Å². The van der Waals surface area contributed by atoms with Crippen molar-refractivity contribution in [3.63, 3.8) is 0 Å². The predicted octanol–water partition coefficient (Wildman–Crippen LogP) is 3.23. The molecule has 0 saturated carbocycles. The van der Waals surface area contributed by atoms with E-state index < -0.39 is 26.3 Å². The minimum absolute atomic E-state index is 0.250. The van der Waals surface area contributed by atoms with Crippen molar-refractivity contribution in [1.29, 1.82) is 0 Å². The van der Waals surface area contributed by atoms with Crippen LogP contribution in [0.3, 0.4) is 0 Å². The van der Waals surface area contributed by atoms with Crippen molar-refractivity contribution in [3.05, 3.63) is 0 Å². The molecule has 8 heteroatoms. The number of hydrogen-bond acceptors (Lipinski definition) is 5. The summed E-state index contributed by atoms with van der Waals surface area (Å²) in [5.41, 5.74) is 0. The van der Waals surface area contributed by atoms with Gasteiger partial charge in [-0.05, 0) is 6.42 Å². The molecule has 5 N–H and O–H groups in total. The maximum atomic E-state index is 10.6. The smallest absolute Gasteiger partial charge is 0.390 e. The van der Waals surface area contributed by atoms with Crippen LogP contribution in [0, 0.1) is 0 Å². The van der Waals surface area contributed by atoms with Gasteiger partial charge in [0, 0.05) is 0 Å². The highest BCUT2D eigenvalue weighted by Gasteiger charge is 2.30. The van der Waals surface area contributed by atoms with Gasteiger partial charge in [-0.25, -0.2) is 4.57 Å². The minimum atomic E-state index is -4.90. The maximum Gasteiger partial charge on any atom is 0.472 e. The summed E-state index contributed by atoms with van der Waals surface area (Å²) in [6, 6.07) is 0.